The molecule has 3 amide bonds. The SMILES string of the molecule is CC(CC#N)(NC(=O)C(C[Si](C)(C)C)NC(=O)N1CCOCC1)OCc1ccccc1. The van der Waals surface area contributed by atoms with E-state index in [0.29, 0.717) is 32.3 Å². The largest absolute Gasteiger partial charge is 0.378 e. The number of hydrogen-bond donors (Lipinski definition) is 2. The minimum absolute atomic E-state index is 0.0113. The normalized spacial score (nSPS) is 17.2. The Balaban J connectivity index is 2.08. The molecular weight excluding hydrogens is 412 g/mol. The Labute approximate surface area is 185 Å². The van der Waals surface area contributed by atoms with Gasteiger partial charge in [-0.25, -0.2) is 4.79 Å². The maximum atomic E-state index is 13.2. The van der Waals surface area contributed by atoms with Crippen molar-refractivity contribution in [1.29, 1.82) is 5.26 Å². The Bertz CT molecular complexity index is 772. The van der Waals surface area contributed by atoms with Crippen LogP contribution in [0.5, 0.6) is 0 Å². The highest BCUT2D eigenvalue weighted by Crippen LogP contribution is 2.18. The highest BCUT2D eigenvalue weighted by Gasteiger charge is 2.34. The first-order chi connectivity index (χ1) is 14.6. The van der Waals surface area contributed by atoms with Gasteiger partial charge in [-0.3, -0.25) is 4.79 Å². The number of carbonyl (C=O) groups is 2. The molecule has 1 aromatic carbocycles. The number of nitrogens with zero attached hydrogens (tertiary/aromatic N) is 2. The summed E-state index contributed by atoms with van der Waals surface area (Å²) in [6.45, 7) is 10.4. The average molecular weight is 447 g/mol. The fraction of sp³-hybridized carbons (Fsp3) is 0.591. The molecule has 0 saturated carbocycles. The first kappa shape index (κ1) is 24.9. The van der Waals surface area contributed by atoms with E-state index >= 15 is 0 Å². The van der Waals surface area contributed by atoms with E-state index in [-0.39, 0.29) is 25.0 Å². The van der Waals surface area contributed by atoms with E-state index in [1.54, 1.807) is 11.8 Å². The minimum atomic E-state index is -1.69. The molecule has 1 aliphatic heterocycles. The Morgan fingerprint density at radius 1 is 1.26 bits per heavy atom. The molecule has 1 aliphatic rings. The van der Waals surface area contributed by atoms with E-state index in [0.717, 1.165) is 5.56 Å². The van der Waals surface area contributed by atoms with Crippen LogP contribution in [-0.4, -0.2) is 63.0 Å². The van der Waals surface area contributed by atoms with Crippen LogP contribution in [0.4, 0.5) is 4.79 Å². The summed E-state index contributed by atoms with van der Waals surface area (Å²) in [6, 6.07) is 11.3. The van der Waals surface area contributed by atoms with Crippen LogP contribution < -0.4 is 10.6 Å². The third kappa shape index (κ3) is 8.69. The first-order valence-corrected chi connectivity index (χ1v) is 14.3. The molecule has 0 aliphatic carbocycles. The van der Waals surface area contributed by atoms with Crippen molar-refractivity contribution in [1.82, 2.24) is 15.5 Å². The lowest BCUT2D eigenvalue weighted by Gasteiger charge is -2.34. The third-order valence-electron chi connectivity index (χ3n) is 4.93. The summed E-state index contributed by atoms with van der Waals surface area (Å²) in [4.78, 5) is 27.6. The van der Waals surface area contributed by atoms with Crippen molar-refractivity contribution in [2.45, 2.75) is 57.4 Å². The van der Waals surface area contributed by atoms with Crippen molar-refractivity contribution < 1.29 is 19.1 Å². The number of ether oxygens (including phenoxy) is 2. The molecule has 2 unspecified atom stereocenters. The van der Waals surface area contributed by atoms with Gasteiger partial charge >= 0.3 is 6.03 Å². The predicted molar refractivity (Wildman–Crippen MR) is 121 cm³/mol. The molecule has 0 radical (unpaired) electrons. The van der Waals surface area contributed by atoms with Gasteiger partial charge in [-0.15, -0.1) is 0 Å². The van der Waals surface area contributed by atoms with Crippen molar-refractivity contribution in [3.8, 4) is 6.07 Å². The van der Waals surface area contributed by atoms with E-state index in [1.165, 1.54) is 0 Å². The van der Waals surface area contributed by atoms with E-state index in [9.17, 15) is 14.9 Å². The van der Waals surface area contributed by atoms with E-state index in [2.05, 4.69) is 36.3 Å². The van der Waals surface area contributed by atoms with Gasteiger partial charge < -0.3 is 25.0 Å². The lowest BCUT2D eigenvalue weighted by Crippen LogP contribution is -2.59. The molecule has 31 heavy (non-hydrogen) atoms. The van der Waals surface area contributed by atoms with Crippen LogP contribution in [0.25, 0.3) is 0 Å². The van der Waals surface area contributed by atoms with Gasteiger partial charge in [0.2, 0.25) is 5.91 Å². The highest BCUT2D eigenvalue weighted by molar-refractivity contribution is 6.76. The molecule has 2 N–H and O–H groups in total. The summed E-state index contributed by atoms with van der Waals surface area (Å²) in [5, 5.41) is 15.1. The molecule has 2 rings (SSSR count). The number of nitrogens with one attached hydrogen (secondary N) is 2. The van der Waals surface area contributed by atoms with E-state index < -0.39 is 19.8 Å². The van der Waals surface area contributed by atoms with Gasteiger partial charge in [0.05, 0.1) is 32.3 Å². The Morgan fingerprint density at radius 3 is 2.48 bits per heavy atom. The van der Waals surface area contributed by atoms with Crippen molar-refractivity contribution in [3.63, 3.8) is 0 Å². The molecule has 1 fully saturated rings. The number of morpholine rings is 1. The summed E-state index contributed by atoms with van der Waals surface area (Å²) in [6.07, 6.45) is -0.0113. The zero-order chi connectivity index (χ0) is 22.9. The van der Waals surface area contributed by atoms with Crippen LogP contribution in [0.15, 0.2) is 30.3 Å². The summed E-state index contributed by atoms with van der Waals surface area (Å²) in [5.41, 5.74) is -0.219. The molecule has 170 valence electrons. The van der Waals surface area contributed by atoms with E-state index in [4.69, 9.17) is 9.47 Å². The summed E-state index contributed by atoms with van der Waals surface area (Å²) < 4.78 is 11.2. The number of hydrogen-bond acceptors (Lipinski definition) is 5. The van der Waals surface area contributed by atoms with Crippen LogP contribution in [0.2, 0.25) is 25.7 Å². The van der Waals surface area contributed by atoms with Crippen LogP contribution in [-0.2, 0) is 20.9 Å². The maximum Gasteiger partial charge on any atom is 0.318 e. The number of nitriles is 1. The van der Waals surface area contributed by atoms with Crippen molar-refractivity contribution >= 4 is 20.0 Å². The highest BCUT2D eigenvalue weighted by atomic mass is 28.3. The minimum Gasteiger partial charge on any atom is -0.378 e. The first-order valence-electron chi connectivity index (χ1n) is 10.6. The zero-order valence-corrected chi connectivity index (χ0v) is 19.9. The van der Waals surface area contributed by atoms with Crippen LogP contribution >= 0.6 is 0 Å². The second-order valence-electron chi connectivity index (χ2n) is 9.20. The molecule has 0 spiro atoms. The molecule has 0 bridgehead atoms. The van der Waals surface area contributed by atoms with Gasteiger partial charge in [0.25, 0.3) is 0 Å². The van der Waals surface area contributed by atoms with Crippen LogP contribution in [0.1, 0.15) is 18.9 Å². The van der Waals surface area contributed by atoms with Gasteiger partial charge in [-0.1, -0.05) is 50.0 Å². The second-order valence-corrected chi connectivity index (χ2v) is 14.7. The average Bonchev–Trinajstić information content (AvgIpc) is 2.72. The summed E-state index contributed by atoms with van der Waals surface area (Å²) >= 11 is 0. The quantitative estimate of drug-likeness (QED) is 0.448. The van der Waals surface area contributed by atoms with Crippen LogP contribution in [0, 0.1) is 11.3 Å². The fourth-order valence-electron chi connectivity index (χ4n) is 3.28. The Kier molecular flexibility index (Phi) is 9.04. The zero-order valence-electron chi connectivity index (χ0n) is 18.9. The van der Waals surface area contributed by atoms with Gasteiger partial charge in [0.1, 0.15) is 6.04 Å². The number of urea groups is 1. The van der Waals surface area contributed by atoms with Crippen LogP contribution in [0.3, 0.4) is 0 Å². The lowest BCUT2D eigenvalue weighted by molar-refractivity contribution is -0.135. The summed E-state index contributed by atoms with van der Waals surface area (Å²) in [5.74, 6) is -0.338. The molecule has 1 saturated heterocycles. The van der Waals surface area contributed by atoms with Crippen molar-refractivity contribution in [2.75, 3.05) is 26.3 Å². The second kappa shape index (κ2) is 11.3. The Morgan fingerprint density at radius 2 is 1.90 bits per heavy atom. The molecule has 1 aromatic rings. The maximum absolute atomic E-state index is 13.2. The Hall–Kier alpha value is -2.41. The van der Waals surface area contributed by atoms with Gasteiger partial charge in [-0.2, -0.15) is 5.26 Å². The molecule has 2 atom stereocenters. The topological polar surface area (TPSA) is 104 Å². The van der Waals surface area contributed by atoms with Crippen molar-refractivity contribution in [2.24, 2.45) is 0 Å². The molecular formula is C22H34N4O4Si. The van der Waals surface area contributed by atoms with Gasteiger partial charge in [0, 0.05) is 21.2 Å². The van der Waals surface area contributed by atoms with E-state index in [1.807, 2.05) is 30.3 Å². The summed E-state index contributed by atoms with van der Waals surface area (Å²) in [7, 11) is -1.69. The van der Waals surface area contributed by atoms with Gasteiger partial charge in [0.15, 0.2) is 5.72 Å². The van der Waals surface area contributed by atoms with Crippen molar-refractivity contribution in [3.05, 3.63) is 35.9 Å². The monoisotopic (exact) mass is 446 g/mol. The third-order valence-corrected chi connectivity index (χ3v) is 6.57. The number of benzene rings is 1. The lowest BCUT2D eigenvalue weighted by atomic mass is 10.1. The molecule has 0 aromatic heterocycles. The molecule has 9 heteroatoms. The predicted octanol–water partition coefficient (Wildman–Crippen LogP) is 2.70. The van der Waals surface area contributed by atoms with Gasteiger partial charge in [-0.05, 0) is 18.5 Å². The molecule has 1 heterocycles. The standard InChI is InChI=1S/C22H34N4O4Si/c1-22(10-11-23,30-16-18-8-6-5-7-9-18)25-20(27)19(17-31(2,3)4)24-21(28)26-12-14-29-15-13-26/h5-9,19H,10,12-17H2,1-4H3,(H,24,28)(H,25,27). The fourth-order valence-corrected chi connectivity index (χ4v) is 4.79. The number of rotatable bonds is 9. The number of carbonyl (C=O) groups excluding carboxylic acids is 2. The number of amides is 3. The molecule has 8 nitrogen and oxygen atoms in total. The smallest absolute Gasteiger partial charge is 0.318 e.